The Bertz CT molecular complexity index is 267. The SMILES string of the molecule is C=C/C(F)=C(\C)NC(=O)CC(F)(F)F. The number of hydrogen-bond donors (Lipinski definition) is 1. The quantitative estimate of drug-likeness (QED) is 0.563. The lowest BCUT2D eigenvalue weighted by molar-refractivity contribution is -0.153. The Morgan fingerprint density at radius 3 is 2.36 bits per heavy atom. The lowest BCUT2D eigenvalue weighted by Crippen LogP contribution is -2.27. The van der Waals surface area contributed by atoms with Gasteiger partial charge in [0.15, 0.2) is 0 Å². The van der Waals surface area contributed by atoms with Crippen molar-refractivity contribution < 1.29 is 22.4 Å². The topological polar surface area (TPSA) is 29.1 Å². The lowest BCUT2D eigenvalue weighted by atomic mass is 10.3. The van der Waals surface area contributed by atoms with Gasteiger partial charge in [0.1, 0.15) is 12.2 Å². The van der Waals surface area contributed by atoms with Crippen LogP contribution in [0.1, 0.15) is 13.3 Å². The van der Waals surface area contributed by atoms with E-state index in [0.29, 0.717) is 0 Å². The minimum absolute atomic E-state index is 0.283. The van der Waals surface area contributed by atoms with Gasteiger partial charge in [-0.25, -0.2) is 4.39 Å². The van der Waals surface area contributed by atoms with Gasteiger partial charge in [0.25, 0.3) is 0 Å². The monoisotopic (exact) mass is 211 g/mol. The number of carbonyl (C=O) groups is 1. The average Bonchev–Trinajstić information content (AvgIpc) is 1.99. The zero-order valence-electron chi connectivity index (χ0n) is 7.41. The van der Waals surface area contributed by atoms with Gasteiger partial charge in [0.05, 0.1) is 5.70 Å². The van der Waals surface area contributed by atoms with Crippen LogP contribution in [0.5, 0.6) is 0 Å². The number of rotatable bonds is 3. The molecule has 0 radical (unpaired) electrons. The highest BCUT2D eigenvalue weighted by atomic mass is 19.4. The fourth-order valence-electron chi connectivity index (χ4n) is 0.648. The van der Waals surface area contributed by atoms with Gasteiger partial charge >= 0.3 is 6.18 Å². The summed E-state index contributed by atoms with van der Waals surface area (Å²) in [5.74, 6) is -2.16. The molecule has 0 atom stereocenters. The van der Waals surface area contributed by atoms with E-state index in [1.807, 2.05) is 0 Å². The van der Waals surface area contributed by atoms with E-state index < -0.39 is 24.3 Å². The predicted octanol–water partition coefficient (Wildman–Crippen LogP) is 2.44. The molecule has 0 aliphatic heterocycles. The fourth-order valence-corrected chi connectivity index (χ4v) is 0.648. The molecule has 0 unspecified atom stereocenters. The van der Waals surface area contributed by atoms with E-state index in [4.69, 9.17) is 0 Å². The summed E-state index contributed by atoms with van der Waals surface area (Å²) < 4.78 is 47.5. The van der Waals surface area contributed by atoms with Crippen molar-refractivity contribution in [1.29, 1.82) is 0 Å². The van der Waals surface area contributed by atoms with Crippen molar-refractivity contribution in [1.82, 2.24) is 5.32 Å². The Morgan fingerprint density at radius 1 is 1.50 bits per heavy atom. The third-order valence-electron chi connectivity index (χ3n) is 1.23. The molecule has 0 rings (SSSR count). The van der Waals surface area contributed by atoms with Crippen molar-refractivity contribution in [3.05, 3.63) is 24.2 Å². The maximum atomic E-state index is 12.6. The highest BCUT2D eigenvalue weighted by molar-refractivity contribution is 5.78. The molecular formula is C8H9F4NO. The number of allylic oxidation sites excluding steroid dienone is 3. The molecular weight excluding hydrogens is 202 g/mol. The van der Waals surface area contributed by atoms with Crippen LogP contribution in [0.2, 0.25) is 0 Å². The van der Waals surface area contributed by atoms with Crippen LogP contribution in [0.3, 0.4) is 0 Å². The molecule has 0 bridgehead atoms. The highest BCUT2D eigenvalue weighted by Crippen LogP contribution is 2.19. The summed E-state index contributed by atoms with van der Waals surface area (Å²) in [6.07, 6.45) is -5.42. The molecule has 1 N–H and O–H groups in total. The molecule has 0 aliphatic rings. The molecule has 0 aromatic heterocycles. The van der Waals surface area contributed by atoms with Crippen LogP contribution in [0.4, 0.5) is 17.6 Å². The molecule has 14 heavy (non-hydrogen) atoms. The Labute approximate surface area is 78.3 Å². The van der Waals surface area contributed by atoms with E-state index in [-0.39, 0.29) is 5.70 Å². The molecule has 1 amide bonds. The molecule has 6 heteroatoms. The zero-order valence-corrected chi connectivity index (χ0v) is 7.41. The first-order valence-electron chi connectivity index (χ1n) is 3.61. The zero-order chi connectivity index (χ0) is 11.4. The van der Waals surface area contributed by atoms with Gasteiger partial charge in [-0.15, -0.1) is 0 Å². The summed E-state index contributed by atoms with van der Waals surface area (Å²) >= 11 is 0. The molecule has 0 aromatic rings. The molecule has 0 fully saturated rings. The number of hydrogen-bond acceptors (Lipinski definition) is 1. The minimum Gasteiger partial charge on any atom is -0.327 e. The number of nitrogens with one attached hydrogen (secondary N) is 1. The first-order valence-corrected chi connectivity index (χ1v) is 3.61. The van der Waals surface area contributed by atoms with Crippen LogP contribution in [-0.2, 0) is 4.79 Å². The van der Waals surface area contributed by atoms with E-state index in [1.54, 1.807) is 5.32 Å². The smallest absolute Gasteiger partial charge is 0.327 e. The van der Waals surface area contributed by atoms with Crippen LogP contribution >= 0.6 is 0 Å². The van der Waals surface area contributed by atoms with E-state index >= 15 is 0 Å². The van der Waals surface area contributed by atoms with Crippen LogP contribution in [0, 0.1) is 0 Å². The molecule has 0 spiro atoms. The fraction of sp³-hybridized carbons (Fsp3) is 0.375. The van der Waals surface area contributed by atoms with Crippen molar-refractivity contribution in [2.24, 2.45) is 0 Å². The standard InChI is InChI=1S/C8H9F4NO/c1-3-6(9)5(2)13-7(14)4-8(10,11)12/h3H,1,4H2,2H3,(H,13,14)/b6-5-. The molecule has 0 saturated heterocycles. The van der Waals surface area contributed by atoms with Crippen molar-refractivity contribution in [3.8, 4) is 0 Å². The second-order valence-electron chi connectivity index (χ2n) is 2.52. The normalized spacial score (nSPS) is 13.2. The predicted molar refractivity (Wildman–Crippen MR) is 42.8 cm³/mol. The van der Waals surface area contributed by atoms with E-state index in [0.717, 1.165) is 13.0 Å². The molecule has 80 valence electrons. The van der Waals surface area contributed by atoms with Gasteiger partial charge in [-0.2, -0.15) is 13.2 Å². The van der Waals surface area contributed by atoms with Crippen molar-refractivity contribution in [2.45, 2.75) is 19.5 Å². The van der Waals surface area contributed by atoms with Crippen LogP contribution < -0.4 is 5.32 Å². The first kappa shape index (κ1) is 12.7. The molecule has 2 nitrogen and oxygen atoms in total. The Kier molecular flexibility index (Phi) is 4.33. The Balaban J connectivity index is 4.28. The minimum atomic E-state index is -4.59. The van der Waals surface area contributed by atoms with Gasteiger partial charge in [-0.05, 0) is 13.0 Å². The summed E-state index contributed by atoms with van der Waals surface area (Å²) in [7, 11) is 0. The van der Waals surface area contributed by atoms with Crippen molar-refractivity contribution in [3.63, 3.8) is 0 Å². The molecule has 0 aliphatic carbocycles. The van der Waals surface area contributed by atoms with Gasteiger partial charge in [0, 0.05) is 0 Å². The number of amides is 1. The summed E-state index contributed by atoms with van der Waals surface area (Å²) in [6, 6.07) is 0. The van der Waals surface area contributed by atoms with E-state index in [2.05, 4.69) is 6.58 Å². The van der Waals surface area contributed by atoms with Crippen LogP contribution in [0.25, 0.3) is 0 Å². The second kappa shape index (κ2) is 4.78. The third kappa shape index (κ3) is 5.34. The summed E-state index contributed by atoms with van der Waals surface area (Å²) in [4.78, 5) is 10.6. The summed E-state index contributed by atoms with van der Waals surface area (Å²) in [5, 5.41) is 1.76. The van der Waals surface area contributed by atoms with E-state index in [9.17, 15) is 22.4 Å². The van der Waals surface area contributed by atoms with Crippen LogP contribution in [0.15, 0.2) is 24.2 Å². The van der Waals surface area contributed by atoms with Crippen molar-refractivity contribution in [2.75, 3.05) is 0 Å². The van der Waals surface area contributed by atoms with Gasteiger partial charge in [-0.3, -0.25) is 4.79 Å². The van der Waals surface area contributed by atoms with Gasteiger partial charge in [-0.1, -0.05) is 6.58 Å². The molecule has 0 saturated carbocycles. The summed E-state index contributed by atoms with van der Waals surface area (Å²) in [5.41, 5.74) is -0.283. The largest absolute Gasteiger partial charge is 0.397 e. The number of carbonyl (C=O) groups excluding carboxylic acids is 1. The van der Waals surface area contributed by atoms with E-state index in [1.165, 1.54) is 0 Å². The van der Waals surface area contributed by atoms with Gasteiger partial charge < -0.3 is 5.32 Å². The molecule has 0 aromatic carbocycles. The molecule has 0 heterocycles. The number of alkyl halides is 3. The number of halogens is 4. The first-order chi connectivity index (χ1) is 6.26. The Morgan fingerprint density at radius 2 is 2.00 bits per heavy atom. The maximum Gasteiger partial charge on any atom is 0.397 e. The maximum absolute atomic E-state index is 12.6. The van der Waals surface area contributed by atoms with Gasteiger partial charge in [0.2, 0.25) is 5.91 Å². The third-order valence-corrected chi connectivity index (χ3v) is 1.23. The van der Waals surface area contributed by atoms with Crippen molar-refractivity contribution >= 4 is 5.91 Å². The average molecular weight is 211 g/mol. The Hall–Kier alpha value is -1.33. The lowest BCUT2D eigenvalue weighted by Gasteiger charge is -2.07. The summed E-state index contributed by atoms with van der Waals surface area (Å²) in [6.45, 7) is 4.20. The van der Waals surface area contributed by atoms with Crippen LogP contribution in [-0.4, -0.2) is 12.1 Å². The second-order valence-corrected chi connectivity index (χ2v) is 2.52. The highest BCUT2D eigenvalue weighted by Gasteiger charge is 2.31.